The van der Waals surface area contributed by atoms with Gasteiger partial charge in [-0.15, -0.1) is 0 Å². The first-order valence-corrected chi connectivity index (χ1v) is 7.21. The Kier molecular flexibility index (Phi) is 5.08. The van der Waals surface area contributed by atoms with Crippen LogP contribution in [0.15, 0.2) is 18.2 Å². The van der Waals surface area contributed by atoms with E-state index >= 15 is 0 Å². The molecule has 1 N–H and O–H groups in total. The highest BCUT2D eigenvalue weighted by atomic mass is 16.5. The number of rotatable bonds is 5. The van der Waals surface area contributed by atoms with Gasteiger partial charge in [-0.2, -0.15) is 0 Å². The van der Waals surface area contributed by atoms with Crippen molar-refractivity contribution in [2.24, 2.45) is 5.92 Å². The highest BCUT2D eigenvalue weighted by Gasteiger charge is 2.24. The summed E-state index contributed by atoms with van der Waals surface area (Å²) >= 11 is 0. The third kappa shape index (κ3) is 3.41. The number of methoxy groups -OCH3 is 1. The lowest BCUT2D eigenvalue weighted by Gasteiger charge is -2.30. The quantitative estimate of drug-likeness (QED) is 0.884. The van der Waals surface area contributed by atoms with Gasteiger partial charge in [0.2, 0.25) is 0 Å². The minimum Gasteiger partial charge on any atom is -0.493 e. The van der Waals surface area contributed by atoms with Crippen molar-refractivity contribution >= 4 is 0 Å². The summed E-state index contributed by atoms with van der Waals surface area (Å²) in [4.78, 5) is 0. The second-order valence-electron chi connectivity index (χ2n) is 5.29. The average Bonchev–Trinajstić information content (AvgIpc) is 2.47. The third-order valence-electron chi connectivity index (χ3n) is 4.05. The second kappa shape index (κ2) is 6.80. The predicted octanol–water partition coefficient (Wildman–Crippen LogP) is 3.54. The van der Waals surface area contributed by atoms with Crippen LogP contribution < -0.4 is 9.47 Å². The number of aliphatic hydroxyl groups excluding tert-OH is 1. The molecule has 1 aromatic carbocycles. The Bertz CT molecular complexity index is 381. The molecule has 1 aromatic rings. The van der Waals surface area contributed by atoms with E-state index in [0.29, 0.717) is 11.5 Å². The van der Waals surface area contributed by atoms with Crippen molar-refractivity contribution in [2.45, 2.75) is 51.7 Å². The second-order valence-corrected chi connectivity index (χ2v) is 5.29. The molecule has 2 rings (SSSR count). The zero-order valence-corrected chi connectivity index (χ0v) is 11.9. The lowest BCUT2D eigenvalue weighted by Crippen LogP contribution is -2.25. The fourth-order valence-corrected chi connectivity index (χ4v) is 2.87. The molecule has 0 aromatic heterocycles. The van der Waals surface area contributed by atoms with Gasteiger partial charge in [-0.3, -0.25) is 0 Å². The van der Waals surface area contributed by atoms with E-state index in [1.807, 2.05) is 18.2 Å². The fourth-order valence-electron chi connectivity index (χ4n) is 2.87. The summed E-state index contributed by atoms with van der Waals surface area (Å²) in [5, 5.41) is 9.43. The van der Waals surface area contributed by atoms with Crippen LogP contribution in [0.5, 0.6) is 11.5 Å². The molecule has 2 atom stereocenters. The number of hydrogen-bond acceptors (Lipinski definition) is 3. The van der Waals surface area contributed by atoms with Crippen LogP contribution in [-0.2, 0) is 6.61 Å². The monoisotopic (exact) mass is 264 g/mol. The van der Waals surface area contributed by atoms with Gasteiger partial charge in [0, 0.05) is 5.56 Å². The largest absolute Gasteiger partial charge is 0.493 e. The summed E-state index contributed by atoms with van der Waals surface area (Å²) < 4.78 is 11.5. The van der Waals surface area contributed by atoms with Gasteiger partial charge in [0.05, 0.1) is 19.8 Å². The zero-order chi connectivity index (χ0) is 13.7. The summed E-state index contributed by atoms with van der Waals surface area (Å²) in [5.41, 5.74) is 0.804. The Morgan fingerprint density at radius 3 is 2.84 bits per heavy atom. The summed E-state index contributed by atoms with van der Waals surface area (Å²) in [5.74, 6) is 2.20. The average molecular weight is 264 g/mol. The first-order chi connectivity index (χ1) is 9.28. The molecule has 1 aliphatic carbocycles. The highest BCUT2D eigenvalue weighted by Crippen LogP contribution is 2.36. The molecule has 0 saturated heterocycles. The van der Waals surface area contributed by atoms with Crippen LogP contribution in [0, 0.1) is 5.92 Å². The Labute approximate surface area is 115 Å². The van der Waals surface area contributed by atoms with Crippen LogP contribution in [0.1, 0.15) is 44.6 Å². The van der Waals surface area contributed by atoms with Gasteiger partial charge in [-0.05, 0) is 31.2 Å². The van der Waals surface area contributed by atoms with E-state index in [4.69, 9.17) is 9.47 Å². The molecule has 3 heteroatoms. The van der Waals surface area contributed by atoms with Crippen molar-refractivity contribution in [2.75, 3.05) is 7.11 Å². The maximum absolute atomic E-state index is 9.43. The molecule has 0 aliphatic heterocycles. The van der Waals surface area contributed by atoms with Crippen molar-refractivity contribution in [1.82, 2.24) is 0 Å². The normalized spacial score (nSPS) is 23.1. The predicted molar refractivity (Wildman–Crippen MR) is 75.6 cm³/mol. The van der Waals surface area contributed by atoms with Gasteiger partial charge >= 0.3 is 0 Å². The molecule has 0 radical (unpaired) electrons. The molecule has 19 heavy (non-hydrogen) atoms. The van der Waals surface area contributed by atoms with Crippen LogP contribution in [0.4, 0.5) is 0 Å². The Morgan fingerprint density at radius 2 is 2.16 bits per heavy atom. The van der Waals surface area contributed by atoms with Crippen molar-refractivity contribution < 1.29 is 14.6 Å². The molecule has 2 unspecified atom stereocenters. The lowest BCUT2D eigenvalue weighted by atomic mass is 9.85. The van der Waals surface area contributed by atoms with Gasteiger partial charge in [0.25, 0.3) is 0 Å². The number of aliphatic hydroxyl groups is 1. The summed E-state index contributed by atoms with van der Waals surface area (Å²) in [7, 11) is 1.64. The van der Waals surface area contributed by atoms with Crippen LogP contribution >= 0.6 is 0 Å². The zero-order valence-electron chi connectivity index (χ0n) is 11.9. The van der Waals surface area contributed by atoms with Gasteiger partial charge in [-0.25, -0.2) is 0 Å². The van der Waals surface area contributed by atoms with E-state index in [0.717, 1.165) is 24.3 Å². The Hall–Kier alpha value is -1.22. The molecule has 0 bridgehead atoms. The molecule has 3 nitrogen and oxygen atoms in total. The minimum atomic E-state index is -0.0174. The first-order valence-electron chi connectivity index (χ1n) is 7.21. The topological polar surface area (TPSA) is 38.7 Å². The van der Waals surface area contributed by atoms with Gasteiger partial charge in [0.1, 0.15) is 0 Å². The maximum Gasteiger partial charge on any atom is 0.167 e. The number of para-hydroxylation sites is 1. The van der Waals surface area contributed by atoms with Crippen LogP contribution in [0.2, 0.25) is 0 Å². The van der Waals surface area contributed by atoms with Gasteiger partial charge < -0.3 is 14.6 Å². The van der Waals surface area contributed by atoms with Crippen molar-refractivity contribution in [1.29, 1.82) is 0 Å². The fraction of sp³-hybridized carbons (Fsp3) is 0.625. The smallest absolute Gasteiger partial charge is 0.167 e. The molecule has 106 valence electrons. The minimum absolute atomic E-state index is 0.0174. The first kappa shape index (κ1) is 14.2. The van der Waals surface area contributed by atoms with E-state index < -0.39 is 0 Å². The van der Waals surface area contributed by atoms with E-state index in [9.17, 15) is 5.11 Å². The van der Waals surface area contributed by atoms with Crippen molar-refractivity contribution in [3.05, 3.63) is 23.8 Å². The van der Waals surface area contributed by atoms with E-state index in [1.165, 1.54) is 19.3 Å². The number of ether oxygens (including phenoxy) is 2. The molecule has 1 saturated carbocycles. The number of hydrogen-bond donors (Lipinski definition) is 1. The molecule has 1 aliphatic rings. The van der Waals surface area contributed by atoms with Crippen LogP contribution in [0.3, 0.4) is 0 Å². The summed E-state index contributed by atoms with van der Waals surface area (Å²) in [6.45, 7) is 2.23. The molecular formula is C16H24O3. The Morgan fingerprint density at radius 1 is 1.32 bits per heavy atom. The highest BCUT2D eigenvalue weighted by molar-refractivity contribution is 5.46. The van der Waals surface area contributed by atoms with E-state index in [1.54, 1.807) is 7.11 Å². The van der Waals surface area contributed by atoms with Crippen molar-refractivity contribution in [3.8, 4) is 11.5 Å². The van der Waals surface area contributed by atoms with Crippen LogP contribution in [-0.4, -0.2) is 18.3 Å². The molecule has 0 heterocycles. The molecule has 0 spiro atoms. The lowest BCUT2D eigenvalue weighted by molar-refractivity contribution is 0.115. The standard InChI is InChI=1S/C16H24O3/c1-3-12-6-4-8-14(10-12)19-16-13(11-17)7-5-9-15(16)18-2/h5,7,9,12,14,17H,3-4,6,8,10-11H2,1-2H3. The van der Waals surface area contributed by atoms with Crippen molar-refractivity contribution in [3.63, 3.8) is 0 Å². The molecular weight excluding hydrogens is 240 g/mol. The SMILES string of the molecule is CCC1CCCC(Oc2c(CO)cccc2OC)C1. The van der Waals surface area contributed by atoms with Gasteiger partial charge in [0.15, 0.2) is 11.5 Å². The summed E-state index contributed by atoms with van der Waals surface area (Å²) in [6.07, 6.45) is 6.22. The van der Waals surface area contributed by atoms with E-state index in [2.05, 4.69) is 6.92 Å². The maximum atomic E-state index is 9.43. The summed E-state index contributed by atoms with van der Waals surface area (Å²) in [6, 6.07) is 5.65. The molecule has 0 amide bonds. The number of benzene rings is 1. The van der Waals surface area contributed by atoms with E-state index in [-0.39, 0.29) is 12.7 Å². The third-order valence-corrected chi connectivity index (χ3v) is 4.05. The molecule has 1 fully saturated rings. The Balaban J connectivity index is 2.13. The van der Waals surface area contributed by atoms with Gasteiger partial charge in [-0.1, -0.05) is 31.9 Å². The van der Waals surface area contributed by atoms with Crippen LogP contribution in [0.25, 0.3) is 0 Å².